The van der Waals surface area contributed by atoms with E-state index < -0.39 is 12.2 Å². The van der Waals surface area contributed by atoms with E-state index in [1.165, 1.54) is 24.3 Å². The van der Waals surface area contributed by atoms with E-state index in [2.05, 4.69) is 10.1 Å². The fourth-order valence-electron chi connectivity index (χ4n) is 1.56. The lowest BCUT2D eigenvalue weighted by atomic mass is 10.2. The summed E-state index contributed by atoms with van der Waals surface area (Å²) in [6.07, 6.45) is -4.77. The van der Waals surface area contributed by atoms with Crippen molar-refractivity contribution < 1.29 is 22.3 Å². The largest absolute Gasteiger partial charge is 0.573 e. The summed E-state index contributed by atoms with van der Waals surface area (Å²) in [7, 11) is 0. The number of nitrogens with one attached hydrogen (secondary N) is 1. The fourth-order valence-corrected chi connectivity index (χ4v) is 1.56. The molecule has 106 valence electrons. The van der Waals surface area contributed by atoms with Crippen LogP contribution in [0.1, 0.15) is 0 Å². The van der Waals surface area contributed by atoms with Gasteiger partial charge in [0.25, 0.3) is 0 Å². The summed E-state index contributed by atoms with van der Waals surface area (Å²) >= 11 is 0. The molecule has 0 radical (unpaired) electrons. The van der Waals surface area contributed by atoms with Gasteiger partial charge in [0.1, 0.15) is 11.6 Å². The van der Waals surface area contributed by atoms with Gasteiger partial charge in [0.15, 0.2) is 0 Å². The molecule has 0 amide bonds. The summed E-state index contributed by atoms with van der Waals surface area (Å²) < 4.78 is 53.2. The first-order valence-electron chi connectivity index (χ1n) is 5.51. The van der Waals surface area contributed by atoms with E-state index in [9.17, 15) is 17.6 Å². The zero-order valence-corrected chi connectivity index (χ0v) is 10.0. The van der Waals surface area contributed by atoms with Crippen molar-refractivity contribution in [3.8, 4) is 5.75 Å². The van der Waals surface area contributed by atoms with Crippen molar-refractivity contribution >= 4 is 17.1 Å². The average Bonchev–Trinajstić information content (AvgIpc) is 2.32. The molecule has 2 aromatic rings. The number of benzene rings is 2. The maximum atomic E-state index is 13.1. The monoisotopic (exact) mass is 286 g/mol. The summed E-state index contributed by atoms with van der Waals surface area (Å²) in [5.74, 6) is -0.887. The third-order valence-corrected chi connectivity index (χ3v) is 2.36. The Morgan fingerprint density at radius 2 is 1.80 bits per heavy atom. The molecule has 0 saturated heterocycles. The SMILES string of the molecule is Nc1ccc(F)cc1Nc1cccc(OC(F)(F)F)c1. The van der Waals surface area contributed by atoms with E-state index in [0.717, 1.165) is 18.2 Å². The van der Waals surface area contributed by atoms with Crippen molar-refractivity contribution in [2.45, 2.75) is 6.36 Å². The third kappa shape index (κ3) is 3.78. The standard InChI is InChI=1S/C13H10F4N2O/c14-8-4-5-11(18)12(6-8)19-9-2-1-3-10(7-9)20-13(15,16)17/h1-7,19H,18H2. The van der Waals surface area contributed by atoms with Gasteiger partial charge in [-0.25, -0.2) is 4.39 Å². The molecule has 0 bridgehead atoms. The average molecular weight is 286 g/mol. The van der Waals surface area contributed by atoms with Crippen molar-refractivity contribution in [1.29, 1.82) is 0 Å². The Hall–Kier alpha value is -2.44. The van der Waals surface area contributed by atoms with Crippen LogP contribution < -0.4 is 15.8 Å². The predicted octanol–water partition coefficient (Wildman–Crippen LogP) is 4.05. The normalized spacial score (nSPS) is 11.2. The van der Waals surface area contributed by atoms with Crippen molar-refractivity contribution in [1.82, 2.24) is 0 Å². The van der Waals surface area contributed by atoms with Crippen LogP contribution in [0.2, 0.25) is 0 Å². The highest BCUT2D eigenvalue weighted by molar-refractivity contribution is 5.72. The number of hydrogen-bond acceptors (Lipinski definition) is 3. The van der Waals surface area contributed by atoms with Crippen molar-refractivity contribution in [2.24, 2.45) is 0 Å². The van der Waals surface area contributed by atoms with Crippen LogP contribution in [0.4, 0.5) is 34.6 Å². The highest BCUT2D eigenvalue weighted by Crippen LogP contribution is 2.28. The van der Waals surface area contributed by atoms with Crippen LogP contribution in [-0.4, -0.2) is 6.36 Å². The Bertz CT molecular complexity index is 614. The molecule has 0 unspecified atom stereocenters. The van der Waals surface area contributed by atoms with Gasteiger partial charge in [0.2, 0.25) is 0 Å². The number of halogens is 4. The third-order valence-electron chi connectivity index (χ3n) is 2.36. The van der Waals surface area contributed by atoms with Crippen LogP contribution in [0, 0.1) is 5.82 Å². The van der Waals surface area contributed by atoms with Gasteiger partial charge in [-0.1, -0.05) is 6.07 Å². The second kappa shape index (κ2) is 5.28. The van der Waals surface area contributed by atoms with Crippen LogP contribution in [-0.2, 0) is 0 Å². The van der Waals surface area contributed by atoms with Crippen LogP contribution in [0.25, 0.3) is 0 Å². The summed E-state index contributed by atoms with van der Waals surface area (Å²) in [6.45, 7) is 0. The lowest BCUT2D eigenvalue weighted by molar-refractivity contribution is -0.274. The molecule has 20 heavy (non-hydrogen) atoms. The predicted molar refractivity (Wildman–Crippen MR) is 67.2 cm³/mol. The molecule has 0 aliphatic heterocycles. The zero-order valence-electron chi connectivity index (χ0n) is 10.0. The van der Waals surface area contributed by atoms with Crippen LogP contribution in [0.5, 0.6) is 5.75 Å². The Balaban J connectivity index is 2.21. The van der Waals surface area contributed by atoms with E-state index >= 15 is 0 Å². The van der Waals surface area contributed by atoms with Gasteiger partial charge in [0.05, 0.1) is 11.4 Å². The van der Waals surface area contributed by atoms with E-state index in [0.29, 0.717) is 5.69 Å². The molecule has 2 aromatic carbocycles. The minimum absolute atomic E-state index is 0.258. The molecular weight excluding hydrogens is 276 g/mol. The number of nitrogen functional groups attached to an aromatic ring is 1. The second-order valence-electron chi connectivity index (χ2n) is 3.93. The lowest BCUT2D eigenvalue weighted by Gasteiger charge is -2.12. The first kappa shape index (κ1) is 14.0. The molecule has 0 aliphatic carbocycles. The Morgan fingerprint density at radius 1 is 1.05 bits per heavy atom. The summed E-state index contributed by atoms with van der Waals surface area (Å²) in [6, 6.07) is 8.86. The molecular formula is C13H10F4N2O. The highest BCUT2D eigenvalue weighted by Gasteiger charge is 2.31. The number of anilines is 3. The second-order valence-corrected chi connectivity index (χ2v) is 3.93. The minimum Gasteiger partial charge on any atom is -0.406 e. The van der Waals surface area contributed by atoms with Gasteiger partial charge in [0, 0.05) is 11.8 Å². The Morgan fingerprint density at radius 3 is 2.50 bits per heavy atom. The molecule has 2 rings (SSSR count). The van der Waals surface area contributed by atoms with Gasteiger partial charge in [-0.05, 0) is 30.3 Å². The highest BCUT2D eigenvalue weighted by atomic mass is 19.4. The zero-order chi connectivity index (χ0) is 14.8. The van der Waals surface area contributed by atoms with Crippen molar-refractivity contribution in [2.75, 3.05) is 11.1 Å². The maximum Gasteiger partial charge on any atom is 0.573 e. The number of alkyl halides is 3. The smallest absolute Gasteiger partial charge is 0.406 e. The molecule has 0 aliphatic rings. The van der Waals surface area contributed by atoms with Crippen molar-refractivity contribution in [3.05, 3.63) is 48.3 Å². The number of rotatable bonds is 3. The van der Waals surface area contributed by atoms with Gasteiger partial charge in [-0.15, -0.1) is 13.2 Å². The Kier molecular flexibility index (Phi) is 3.69. The number of ether oxygens (including phenoxy) is 1. The van der Waals surface area contributed by atoms with Gasteiger partial charge < -0.3 is 15.8 Å². The van der Waals surface area contributed by atoms with E-state index in [1.54, 1.807) is 0 Å². The molecule has 0 spiro atoms. The lowest BCUT2D eigenvalue weighted by Crippen LogP contribution is -2.17. The topological polar surface area (TPSA) is 47.3 Å². The van der Waals surface area contributed by atoms with Crippen LogP contribution in [0.3, 0.4) is 0 Å². The molecule has 3 N–H and O–H groups in total. The molecule has 0 aromatic heterocycles. The summed E-state index contributed by atoms with van der Waals surface area (Å²) in [4.78, 5) is 0. The molecule has 3 nitrogen and oxygen atoms in total. The molecule has 0 atom stereocenters. The Labute approximate surface area is 112 Å². The van der Waals surface area contributed by atoms with Crippen LogP contribution >= 0.6 is 0 Å². The van der Waals surface area contributed by atoms with E-state index in [-0.39, 0.29) is 17.1 Å². The summed E-state index contributed by atoms with van der Waals surface area (Å²) in [5, 5.41) is 2.73. The quantitative estimate of drug-likeness (QED) is 0.661. The van der Waals surface area contributed by atoms with E-state index in [4.69, 9.17) is 5.73 Å². The molecule has 0 saturated carbocycles. The van der Waals surface area contributed by atoms with Crippen LogP contribution in [0.15, 0.2) is 42.5 Å². The molecule has 7 heteroatoms. The number of nitrogens with two attached hydrogens (primary N) is 1. The molecule has 0 fully saturated rings. The first-order valence-corrected chi connectivity index (χ1v) is 5.51. The van der Waals surface area contributed by atoms with Crippen molar-refractivity contribution in [3.63, 3.8) is 0 Å². The maximum absolute atomic E-state index is 13.1. The summed E-state index contributed by atoms with van der Waals surface area (Å²) in [5.41, 5.74) is 6.46. The number of hydrogen-bond donors (Lipinski definition) is 2. The van der Waals surface area contributed by atoms with Gasteiger partial charge in [-0.2, -0.15) is 0 Å². The fraction of sp³-hybridized carbons (Fsp3) is 0.0769. The first-order chi connectivity index (χ1) is 9.33. The van der Waals surface area contributed by atoms with Gasteiger partial charge in [-0.3, -0.25) is 0 Å². The minimum atomic E-state index is -4.77. The van der Waals surface area contributed by atoms with E-state index in [1.807, 2.05) is 0 Å². The molecule has 0 heterocycles. The van der Waals surface area contributed by atoms with Gasteiger partial charge >= 0.3 is 6.36 Å².